The van der Waals surface area contributed by atoms with Crippen molar-refractivity contribution in [2.75, 3.05) is 0 Å². The summed E-state index contributed by atoms with van der Waals surface area (Å²) >= 11 is 0. The highest BCUT2D eigenvalue weighted by molar-refractivity contribution is 5.84. The van der Waals surface area contributed by atoms with Crippen molar-refractivity contribution in [2.45, 2.75) is 52.6 Å². The molecule has 0 radical (unpaired) electrons. The lowest BCUT2D eigenvalue weighted by Crippen LogP contribution is -2.48. The maximum atomic E-state index is 11.7. The first kappa shape index (κ1) is 15.1. The van der Waals surface area contributed by atoms with Crippen molar-refractivity contribution in [3.8, 4) is 0 Å². The lowest BCUT2D eigenvalue weighted by molar-refractivity contribution is -0.126. The third-order valence-electron chi connectivity index (χ3n) is 2.77. The molecule has 4 nitrogen and oxygen atoms in total. The van der Waals surface area contributed by atoms with Crippen molar-refractivity contribution in [1.82, 2.24) is 5.32 Å². The number of carbonyl (C=O) groups excluding carboxylic acids is 2. The maximum Gasteiger partial charge on any atom is 0.237 e. The van der Waals surface area contributed by atoms with Crippen LogP contribution >= 0.6 is 0 Å². The SMILES string of the molecule is CCC(C)C(C=O)NC(=O)[C@@H](N)CC(C)C. The molecule has 94 valence electrons. The molecule has 3 N–H and O–H groups in total. The Kier molecular flexibility index (Phi) is 6.97. The first-order valence-electron chi connectivity index (χ1n) is 5.93. The highest BCUT2D eigenvalue weighted by atomic mass is 16.2. The van der Waals surface area contributed by atoms with Crippen LogP contribution in [0.25, 0.3) is 0 Å². The van der Waals surface area contributed by atoms with Crippen LogP contribution in [0.4, 0.5) is 0 Å². The second-order valence-corrected chi connectivity index (χ2v) is 4.79. The molecule has 0 aromatic carbocycles. The molecule has 3 atom stereocenters. The molecule has 0 fully saturated rings. The quantitative estimate of drug-likeness (QED) is 0.641. The number of aldehydes is 1. The zero-order valence-corrected chi connectivity index (χ0v) is 10.7. The minimum Gasteiger partial charge on any atom is -0.345 e. The van der Waals surface area contributed by atoms with E-state index in [4.69, 9.17) is 5.73 Å². The average molecular weight is 228 g/mol. The summed E-state index contributed by atoms with van der Waals surface area (Å²) in [5, 5.41) is 2.69. The first-order valence-corrected chi connectivity index (χ1v) is 5.93. The van der Waals surface area contributed by atoms with Gasteiger partial charge in [0.1, 0.15) is 6.29 Å². The Morgan fingerprint density at radius 1 is 1.38 bits per heavy atom. The zero-order valence-electron chi connectivity index (χ0n) is 10.7. The van der Waals surface area contributed by atoms with Crippen molar-refractivity contribution in [2.24, 2.45) is 17.6 Å². The number of nitrogens with two attached hydrogens (primary N) is 1. The highest BCUT2D eigenvalue weighted by Gasteiger charge is 2.21. The minimum atomic E-state index is -0.522. The molecule has 0 aliphatic carbocycles. The summed E-state index contributed by atoms with van der Waals surface area (Å²) in [7, 11) is 0. The normalized spacial score (nSPS) is 16.6. The largest absolute Gasteiger partial charge is 0.345 e. The van der Waals surface area contributed by atoms with Crippen LogP contribution in [-0.2, 0) is 9.59 Å². The van der Waals surface area contributed by atoms with E-state index in [1.165, 1.54) is 0 Å². The molecular weight excluding hydrogens is 204 g/mol. The van der Waals surface area contributed by atoms with Crippen LogP contribution in [0, 0.1) is 11.8 Å². The number of amides is 1. The molecule has 0 spiro atoms. The smallest absolute Gasteiger partial charge is 0.237 e. The summed E-state index contributed by atoms with van der Waals surface area (Å²) in [6.07, 6.45) is 2.27. The third-order valence-corrected chi connectivity index (χ3v) is 2.77. The molecule has 0 heterocycles. The summed E-state index contributed by atoms with van der Waals surface area (Å²) in [5.41, 5.74) is 5.73. The molecular formula is C12H24N2O2. The summed E-state index contributed by atoms with van der Waals surface area (Å²) < 4.78 is 0. The van der Waals surface area contributed by atoms with Gasteiger partial charge in [0.15, 0.2) is 0 Å². The number of nitrogens with one attached hydrogen (secondary N) is 1. The Morgan fingerprint density at radius 2 is 1.94 bits per heavy atom. The van der Waals surface area contributed by atoms with E-state index in [2.05, 4.69) is 5.32 Å². The van der Waals surface area contributed by atoms with Gasteiger partial charge in [-0.05, 0) is 18.3 Å². The van der Waals surface area contributed by atoms with Gasteiger partial charge in [-0.1, -0.05) is 34.1 Å². The van der Waals surface area contributed by atoms with Crippen LogP contribution in [0.2, 0.25) is 0 Å². The minimum absolute atomic E-state index is 0.146. The van der Waals surface area contributed by atoms with Gasteiger partial charge >= 0.3 is 0 Å². The molecule has 0 aliphatic rings. The van der Waals surface area contributed by atoms with Crippen LogP contribution in [0.5, 0.6) is 0 Å². The van der Waals surface area contributed by atoms with Crippen molar-refractivity contribution >= 4 is 12.2 Å². The average Bonchev–Trinajstić information content (AvgIpc) is 2.23. The third kappa shape index (κ3) is 5.26. The van der Waals surface area contributed by atoms with E-state index in [1.807, 2.05) is 27.7 Å². The van der Waals surface area contributed by atoms with Crippen molar-refractivity contribution < 1.29 is 9.59 Å². The Hall–Kier alpha value is -0.900. The van der Waals surface area contributed by atoms with Gasteiger partial charge in [-0.25, -0.2) is 0 Å². The molecule has 0 aromatic rings. The van der Waals surface area contributed by atoms with E-state index in [1.54, 1.807) is 0 Å². The fourth-order valence-electron chi connectivity index (χ4n) is 1.45. The molecule has 16 heavy (non-hydrogen) atoms. The van der Waals surface area contributed by atoms with Gasteiger partial charge in [0.2, 0.25) is 5.91 Å². The molecule has 0 aromatic heterocycles. The van der Waals surface area contributed by atoms with Crippen molar-refractivity contribution in [3.63, 3.8) is 0 Å². The number of hydrogen-bond donors (Lipinski definition) is 2. The maximum absolute atomic E-state index is 11.7. The Balaban J connectivity index is 4.24. The fourth-order valence-corrected chi connectivity index (χ4v) is 1.45. The van der Waals surface area contributed by atoms with Gasteiger partial charge in [0, 0.05) is 0 Å². The summed E-state index contributed by atoms with van der Waals surface area (Å²) in [4.78, 5) is 22.5. The second kappa shape index (κ2) is 7.39. The van der Waals surface area contributed by atoms with Crippen LogP contribution in [0.15, 0.2) is 0 Å². The van der Waals surface area contributed by atoms with Crippen LogP contribution in [-0.4, -0.2) is 24.3 Å². The Labute approximate surface area is 98.0 Å². The van der Waals surface area contributed by atoms with Crippen LogP contribution in [0.3, 0.4) is 0 Å². The molecule has 2 unspecified atom stereocenters. The lowest BCUT2D eigenvalue weighted by Gasteiger charge is -2.21. The second-order valence-electron chi connectivity index (χ2n) is 4.79. The first-order chi connectivity index (χ1) is 7.42. The van der Waals surface area contributed by atoms with Gasteiger partial charge in [-0.2, -0.15) is 0 Å². The molecule has 0 rings (SSSR count). The van der Waals surface area contributed by atoms with E-state index in [9.17, 15) is 9.59 Å². The molecule has 4 heteroatoms. The van der Waals surface area contributed by atoms with Gasteiger partial charge in [0.05, 0.1) is 12.1 Å². The number of rotatable bonds is 7. The van der Waals surface area contributed by atoms with E-state index >= 15 is 0 Å². The topological polar surface area (TPSA) is 72.2 Å². The molecule has 0 bridgehead atoms. The molecule has 0 aliphatic heterocycles. The van der Waals surface area contributed by atoms with Gasteiger partial charge < -0.3 is 15.8 Å². The fraction of sp³-hybridized carbons (Fsp3) is 0.833. The van der Waals surface area contributed by atoms with E-state index in [0.717, 1.165) is 12.7 Å². The Morgan fingerprint density at radius 3 is 2.31 bits per heavy atom. The van der Waals surface area contributed by atoms with Crippen molar-refractivity contribution in [1.29, 1.82) is 0 Å². The van der Waals surface area contributed by atoms with E-state index < -0.39 is 12.1 Å². The monoisotopic (exact) mass is 228 g/mol. The summed E-state index contributed by atoms with van der Waals surface area (Å²) in [5.74, 6) is 0.290. The van der Waals surface area contributed by atoms with Gasteiger partial charge in [-0.3, -0.25) is 4.79 Å². The van der Waals surface area contributed by atoms with Gasteiger partial charge in [0.25, 0.3) is 0 Å². The zero-order chi connectivity index (χ0) is 12.7. The molecule has 1 amide bonds. The molecule has 0 saturated heterocycles. The van der Waals surface area contributed by atoms with Crippen molar-refractivity contribution in [3.05, 3.63) is 0 Å². The Bertz CT molecular complexity index is 229. The predicted octanol–water partition coefficient (Wildman–Crippen LogP) is 1.09. The number of carbonyl (C=O) groups is 2. The summed E-state index contributed by atoms with van der Waals surface area (Å²) in [6, 6.07) is -0.942. The summed E-state index contributed by atoms with van der Waals surface area (Å²) in [6.45, 7) is 7.95. The predicted molar refractivity (Wildman–Crippen MR) is 64.9 cm³/mol. The van der Waals surface area contributed by atoms with Gasteiger partial charge in [-0.15, -0.1) is 0 Å². The van der Waals surface area contributed by atoms with Crippen LogP contribution < -0.4 is 11.1 Å². The molecule has 0 saturated carbocycles. The number of hydrogen-bond acceptors (Lipinski definition) is 3. The lowest BCUT2D eigenvalue weighted by atomic mass is 9.99. The van der Waals surface area contributed by atoms with E-state index in [0.29, 0.717) is 12.3 Å². The van der Waals surface area contributed by atoms with E-state index in [-0.39, 0.29) is 11.8 Å². The highest BCUT2D eigenvalue weighted by Crippen LogP contribution is 2.07. The standard InChI is InChI=1S/C12H24N2O2/c1-5-9(4)11(7-15)14-12(16)10(13)6-8(2)3/h7-11H,5-6,13H2,1-4H3,(H,14,16)/t9?,10-,11?/m0/s1. The van der Waals surface area contributed by atoms with Crippen LogP contribution in [0.1, 0.15) is 40.5 Å².